The van der Waals surface area contributed by atoms with Gasteiger partial charge in [0.15, 0.2) is 0 Å². The molecule has 0 spiro atoms. The van der Waals surface area contributed by atoms with Crippen molar-refractivity contribution in [3.05, 3.63) is 53.7 Å². The zero-order valence-corrected chi connectivity index (χ0v) is 14.2. The first-order valence-corrected chi connectivity index (χ1v) is 7.81. The van der Waals surface area contributed by atoms with Crippen LogP contribution in [0.15, 0.2) is 42.6 Å². The number of pyridine rings is 1. The summed E-state index contributed by atoms with van der Waals surface area (Å²) in [5.74, 6) is -0.0305. The van der Waals surface area contributed by atoms with E-state index in [1.165, 1.54) is 0 Å². The summed E-state index contributed by atoms with van der Waals surface area (Å²) in [5, 5.41) is 5.46. The minimum atomic E-state index is -0.328. The molecule has 2 aromatic rings. The van der Waals surface area contributed by atoms with E-state index in [2.05, 4.69) is 15.6 Å². The third-order valence-corrected chi connectivity index (χ3v) is 3.54. The second-order valence-corrected chi connectivity index (χ2v) is 5.51. The third-order valence-electron chi connectivity index (χ3n) is 3.54. The van der Waals surface area contributed by atoms with Gasteiger partial charge in [0.2, 0.25) is 5.91 Å². The summed E-state index contributed by atoms with van der Waals surface area (Å²) in [6, 6.07) is 11.0. The van der Waals surface area contributed by atoms with Crippen molar-refractivity contribution in [1.29, 1.82) is 0 Å². The highest BCUT2D eigenvalue weighted by atomic mass is 16.2. The van der Waals surface area contributed by atoms with Crippen LogP contribution < -0.4 is 15.5 Å². The number of benzene rings is 1. The maximum absolute atomic E-state index is 12.3. The molecule has 0 saturated carbocycles. The van der Waals surface area contributed by atoms with Gasteiger partial charge in [0.1, 0.15) is 5.82 Å². The minimum Gasteiger partial charge on any atom is -0.362 e. The van der Waals surface area contributed by atoms with Gasteiger partial charge in [-0.25, -0.2) is 4.98 Å². The Morgan fingerprint density at radius 1 is 1.12 bits per heavy atom. The summed E-state index contributed by atoms with van der Waals surface area (Å²) in [4.78, 5) is 30.3. The number of hydrogen-bond donors (Lipinski definition) is 2. The summed E-state index contributed by atoms with van der Waals surface area (Å²) in [6.45, 7) is 1.93. The molecule has 0 bridgehead atoms. The Kier molecular flexibility index (Phi) is 5.89. The van der Waals surface area contributed by atoms with Gasteiger partial charge in [-0.2, -0.15) is 0 Å². The SMILES string of the molecule is CCc1ccccc1NC(=O)CNC(=O)c1cccnc1N(C)C. The first-order chi connectivity index (χ1) is 11.5. The zero-order valence-electron chi connectivity index (χ0n) is 14.2. The molecule has 0 fully saturated rings. The Labute approximate surface area is 141 Å². The quantitative estimate of drug-likeness (QED) is 0.852. The van der Waals surface area contributed by atoms with Gasteiger partial charge < -0.3 is 15.5 Å². The van der Waals surface area contributed by atoms with Gasteiger partial charge in [-0.1, -0.05) is 25.1 Å². The van der Waals surface area contributed by atoms with Crippen LogP contribution >= 0.6 is 0 Å². The van der Waals surface area contributed by atoms with E-state index in [0.717, 1.165) is 17.7 Å². The van der Waals surface area contributed by atoms with E-state index < -0.39 is 0 Å². The lowest BCUT2D eigenvalue weighted by Gasteiger charge is -2.15. The number of para-hydroxylation sites is 1. The molecule has 0 radical (unpaired) electrons. The number of rotatable bonds is 6. The maximum Gasteiger partial charge on any atom is 0.255 e. The molecule has 6 nitrogen and oxygen atoms in total. The second kappa shape index (κ2) is 8.10. The first-order valence-electron chi connectivity index (χ1n) is 7.81. The molecule has 1 heterocycles. The molecule has 24 heavy (non-hydrogen) atoms. The lowest BCUT2D eigenvalue weighted by molar-refractivity contribution is -0.115. The van der Waals surface area contributed by atoms with Gasteiger partial charge in [0.05, 0.1) is 12.1 Å². The molecule has 2 N–H and O–H groups in total. The van der Waals surface area contributed by atoms with Crippen molar-refractivity contribution in [3.8, 4) is 0 Å². The van der Waals surface area contributed by atoms with Crippen LogP contribution in [-0.4, -0.2) is 37.4 Å². The molecule has 6 heteroatoms. The minimum absolute atomic E-state index is 0.0986. The molecular weight excluding hydrogens is 304 g/mol. The normalized spacial score (nSPS) is 10.1. The molecule has 1 aromatic heterocycles. The highest BCUT2D eigenvalue weighted by Crippen LogP contribution is 2.15. The molecule has 0 unspecified atom stereocenters. The standard InChI is InChI=1S/C18H22N4O2/c1-4-13-8-5-6-10-15(13)21-16(23)12-20-18(24)14-9-7-11-19-17(14)22(2)3/h5-11H,4,12H2,1-3H3,(H,20,24)(H,21,23). The van der Waals surface area contributed by atoms with Gasteiger partial charge >= 0.3 is 0 Å². The summed E-state index contributed by atoms with van der Waals surface area (Å²) in [6.07, 6.45) is 2.45. The van der Waals surface area contributed by atoms with E-state index in [4.69, 9.17) is 0 Å². The number of carbonyl (C=O) groups is 2. The van der Waals surface area contributed by atoms with Gasteiger partial charge in [-0.15, -0.1) is 0 Å². The smallest absolute Gasteiger partial charge is 0.255 e. The highest BCUT2D eigenvalue weighted by molar-refractivity contribution is 6.02. The molecule has 126 valence electrons. The lowest BCUT2D eigenvalue weighted by atomic mass is 10.1. The van der Waals surface area contributed by atoms with Crippen LogP contribution in [0, 0.1) is 0 Å². The van der Waals surface area contributed by atoms with Crippen molar-refractivity contribution in [2.24, 2.45) is 0 Å². The molecule has 2 amide bonds. The van der Waals surface area contributed by atoms with Crippen LogP contribution in [0.2, 0.25) is 0 Å². The Morgan fingerprint density at radius 2 is 1.88 bits per heavy atom. The van der Waals surface area contributed by atoms with E-state index >= 15 is 0 Å². The summed E-state index contributed by atoms with van der Waals surface area (Å²) < 4.78 is 0. The van der Waals surface area contributed by atoms with Gasteiger partial charge in [-0.05, 0) is 30.2 Å². The summed E-state index contributed by atoms with van der Waals surface area (Å²) in [7, 11) is 3.63. The Hall–Kier alpha value is -2.89. The van der Waals surface area contributed by atoms with Crippen molar-refractivity contribution in [2.45, 2.75) is 13.3 Å². The predicted molar refractivity (Wildman–Crippen MR) is 95.3 cm³/mol. The third kappa shape index (κ3) is 4.32. The molecule has 0 saturated heterocycles. The molecule has 0 atom stereocenters. The number of carbonyl (C=O) groups excluding carboxylic acids is 2. The van der Waals surface area contributed by atoms with Gasteiger partial charge in [0, 0.05) is 26.0 Å². The number of aromatic nitrogens is 1. The topological polar surface area (TPSA) is 74.3 Å². The number of anilines is 2. The van der Waals surface area contributed by atoms with Crippen LogP contribution in [0.1, 0.15) is 22.8 Å². The van der Waals surface area contributed by atoms with Crippen molar-refractivity contribution in [1.82, 2.24) is 10.3 Å². The van der Waals surface area contributed by atoms with Crippen molar-refractivity contribution >= 4 is 23.3 Å². The predicted octanol–water partition coefficient (Wildman–Crippen LogP) is 2.08. The number of amides is 2. The fraction of sp³-hybridized carbons (Fsp3) is 0.278. The molecule has 0 aliphatic heterocycles. The van der Waals surface area contributed by atoms with Gasteiger partial charge in [-0.3, -0.25) is 9.59 Å². The molecule has 1 aromatic carbocycles. The number of nitrogens with zero attached hydrogens (tertiary/aromatic N) is 2. The Balaban J connectivity index is 1.98. The van der Waals surface area contributed by atoms with Crippen LogP contribution in [0.4, 0.5) is 11.5 Å². The average molecular weight is 326 g/mol. The fourth-order valence-corrected chi connectivity index (χ4v) is 2.33. The average Bonchev–Trinajstić information content (AvgIpc) is 2.60. The van der Waals surface area contributed by atoms with Crippen LogP contribution in [0.3, 0.4) is 0 Å². The fourth-order valence-electron chi connectivity index (χ4n) is 2.33. The largest absolute Gasteiger partial charge is 0.362 e. The molecule has 0 aliphatic carbocycles. The maximum atomic E-state index is 12.3. The van der Waals surface area contributed by atoms with E-state index in [1.807, 2.05) is 45.3 Å². The number of hydrogen-bond acceptors (Lipinski definition) is 4. The van der Waals surface area contributed by atoms with Crippen molar-refractivity contribution < 1.29 is 9.59 Å². The second-order valence-electron chi connectivity index (χ2n) is 5.51. The van der Waals surface area contributed by atoms with E-state index in [1.54, 1.807) is 23.2 Å². The molecular formula is C18H22N4O2. The van der Waals surface area contributed by atoms with Crippen LogP contribution in [0.5, 0.6) is 0 Å². The Bertz CT molecular complexity index is 728. The monoisotopic (exact) mass is 326 g/mol. The molecule has 0 aliphatic rings. The Morgan fingerprint density at radius 3 is 2.58 bits per heavy atom. The summed E-state index contributed by atoms with van der Waals surface area (Å²) >= 11 is 0. The van der Waals surface area contributed by atoms with Crippen molar-refractivity contribution in [3.63, 3.8) is 0 Å². The van der Waals surface area contributed by atoms with Crippen LogP contribution in [0.25, 0.3) is 0 Å². The van der Waals surface area contributed by atoms with Crippen molar-refractivity contribution in [2.75, 3.05) is 30.9 Å². The van der Waals surface area contributed by atoms with E-state index in [9.17, 15) is 9.59 Å². The number of aryl methyl sites for hydroxylation is 1. The van der Waals surface area contributed by atoms with E-state index in [-0.39, 0.29) is 18.4 Å². The zero-order chi connectivity index (χ0) is 17.5. The molecule has 2 rings (SSSR count). The van der Waals surface area contributed by atoms with E-state index in [0.29, 0.717) is 11.4 Å². The highest BCUT2D eigenvalue weighted by Gasteiger charge is 2.14. The lowest BCUT2D eigenvalue weighted by Crippen LogP contribution is -2.34. The van der Waals surface area contributed by atoms with Crippen LogP contribution in [-0.2, 0) is 11.2 Å². The van der Waals surface area contributed by atoms with Gasteiger partial charge in [0.25, 0.3) is 5.91 Å². The first kappa shape index (κ1) is 17.5. The summed E-state index contributed by atoms with van der Waals surface area (Å²) in [5.41, 5.74) is 2.26. The number of nitrogens with one attached hydrogen (secondary N) is 2.